The summed E-state index contributed by atoms with van der Waals surface area (Å²) in [6, 6.07) is 9.64. The molecule has 3 aromatic rings. The number of hydrogen-bond donors (Lipinski definition) is 0. The molecule has 7 nitrogen and oxygen atoms in total. The lowest BCUT2D eigenvalue weighted by atomic mass is 10.2. The maximum atomic E-state index is 13.8. The zero-order valence-corrected chi connectivity index (χ0v) is 13.6. The maximum Gasteiger partial charge on any atom is 0.325 e. The topological polar surface area (TPSA) is 81.4 Å². The van der Waals surface area contributed by atoms with Gasteiger partial charge in [0.15, 0.2) is 0 Å². The molecule has 25 heavy (non-hydrogen) atoms. The van der Waals surface area contributed by atoms with Crippen molar-refractivity contribution in [2.24, 2.45) is 0 Å². The Morgan fingerprint density at radius 1 is 1.28 bits per heavy atom. The van der Waals surface area contributed by atoms with Gasteiger partial charge in [0.25, 0.3) is 5.89 Å². The Balaban J connectivity index is 1.79. The van der Waals surface area contributed by atoms with Crippen LogP contribution in [0.5, 0.6) is 0 Å². The number of rotatable bonds is 5. The SMILES string of the molecule is COC(=O)CN(C)c1ccc(-c2nc(-c3ccccc3F)no2)cn1. The summed E-state index contributed by atoms with van der Waals surface area (Å²) in [6.45, 7) is 0.0842. The first-order valence-electron chi connectivity index (χ1n) is 7.41. The van der Waals surface area contributed by atoms with Crippen LogP contribution in [0.3, 0.4) is 0 Å². The quantitative estimate of drug-likeness (QED) is 0.659. The molecular weight excluding hydrogens is 327 g/mol. The number of halogens is 1. The third-order valence-electron chi connectivity index (χ3n) is 3.52. The van der Waals surface area contributed by atoms with Gasteiger partial charge in [-0.2, -0.15) is 4.98 Å². The van der Waals surface area contributed by atoms with Gasteiger partial charge < -0.3 is 14.2 Å². The number of pyridine rings is 1. The molecule has 0 N–H and O–H groups in total. The van der Waals surface area contributed by atoms with Crippen molar-refractivity contribution in [1.29, 1.82) is 0 Å². The highest BCUT2D eigenvalue weighted by Gasteiger charge is 2.15. The van der Waals surface area contributed by atoms with E-state index in [9.17, 15) is 9.18 Å². The summed E-state index contributed by atoms with van der Waals surface area (Å²) in [7, 11) is 3.05. The number of esters is 1. The van der Waals surface area contributed by atoms with Crippen molar-refractivity contribution in [3.63, 3.8) is 0 Å². The van der Waals surface area contributed by atoms with Gasteiger partial charge in [0.05, 0.1) is 18.2 Å². The number of aromatic nitrogens is 3. The molecule has 1 aromatic carbocycles. The van der Waals surface area contributed by atoms with E-state index in [0.29, 0.717) is 11.4 Å². The van der Waals surface area contributed by atoms with Crippen LogP contribution in [0.15, 0.2) is 47.1 Å². The number of hydrogen-bond acceptors (Lipinski definition) is 7. The Morgan fingerprint density at radius 3 is 2.76 bits per heavy atom. The highest BCUT2D eigenvalue weighted by atomic mass is 19.1. The molecule has 128 valence electrons. The van der Waals surface area contributed by atoms with E-state index in [1.165, 1.54) is 13.2 Å². The summed E-state index contributed by atoms with van der Waals surface area (Å²) in [5.41, 5.74) is 0.852. The number of carbonyl (C=O) groups excluding carboxylic acids is 1. The summed E-state index contributed by atoms with van der Waals surface area (Å²) in [5.74, 6) is 0.198. The third-order valence-corrected chi connectivity index (χ3v) is 3.52. The fraction of sp³-hybridized carbons (Fsp3) is 0.176. The van der Waals surface area contributed by atoms with Gasteiger partial charge in [-0.05, 0) is 24.3 Å². The highest BCUT2D eigenvalue weighted by molar-refractivity contribution is 5.75. The van der Waals surface area contributed by atoms with Crippen LogP contribution in [0.25, 0.3) is 22.8 Å². The van der Waals surface area contributed by atoms with Gasteiger partial charge in [0.1, 0.15) is 18.2 Å². The van der Waals surface area contributed by atoms with E-state index < -0.39 is 5.82 Å². The van der Waals surface area contributed by atoms with Crippen molar-refractivity contribution in [2.45, 2.75) is 0 Å². The van der Waals surface area contributed by atoms with E-state index in [0.717, 1.165) is 0 Å². The Kier molecular flexibility index (Phi) is 4.69. The lowest BCUT2D eigenvalue weighted by Crippen LogP contribution is -2.26. The number of nitrogens with zero attached hydrogens (tertiary/aromatic N) is 4. The second kappa shape index (κ2) is 7.08. The molecule has 0 radical (unpaired) electrons. The van der Waals surface area contributed by atoms with Gasteiger partial charge in [-0.3, -0.25) is 4.79 Å². The second-order valence-corrected chi connectivity index (χ2v) is 5.24. The van der Waals surface area contributed by atoms with E-state index >= 15 is 0 Å². The number of ether oxygens (including phenoxy) is 1. The van der Waals surface area contributed by atoms with E-state index in [1.807, 2.05) is 0 Å². The first-order chi connectivity index (χ1) is 12.1. The van der Waals surface area contributed by atoms with Crippen LogP contribution in [0.1, 0.15) is 0 Å². The molecule has 0 aliphatic rings. The summed E-state index contributed by atoms with van der Waals surface area (Å²) in [6.07, 6.45) is 1.54. The normalized spacial score (nSPS) is 10.5. The fourth-order valence-electron chi connectivity index (χ4n) is 2.17. The number of carbonyl (C=O) groups is 1. The van der Waals surface area contributed by atoms with Crippen molar-refractivity contribution in [2.75, 3.05) is 25.6 Å². The minimum Gasteiger partial charge on any atom is -0.468 e. The van der Waals surface area contributed by atoms with Crippen molar-refractivity contribution in [3.8, 4) is 22.8 Å². The summed E-state index contributed by atoms with van der Waals surface area (Å²) < 4.78 is 23.6. The van der Waals surface area contributed by atoms with Gasteiger partial charge >= 0.3 is 5.97 Å². The van der Waals surface area contributed by atoms with E-state index in [-0.39, 0.29) is 29.8 Å². The standard InChI is InChI=1S/C17H15FN4O3/c1-22(10-15(23)24-2)14-8-7-11(9-19-14)17-20-16(21-25-17)12-5-3-4-6-13(12)18/h3-9H,10H2,1-2H3. The van der Waals surface area contributed by atoms with Crippen LogP contribution in [-0.2, 0) is 9.53 Å². The Morgan fingerprint density at radius 2 is 2.08 bits per heavy atom. The van der Waals surface area contributed by atoms with Gasteiger partial charge in [0, 0.05) is 13.2 Å². The molecule has 0 spiro atoms. The number of likely N-dealkylation sites (N-methyl/N-ethyl adjacent to an activating group) is 1. The molecular formula is C17H15FN4O3. The summed E-state index contributed by atoms with van der Waals surface area (Å²) >= 11 is 0. The third kappa shape index (κ3) is 3.63. The Bertz CT molecular complexity index is 880. The molecule has 0 saturated heterocycles. The highest BCUT2D eigenvalue weighted by Crippen LogP contribution is 2.24. The molecule has 2 heterocycles. The lowest BCUT2D eigenvalue weighted by Gasteiger charge is -2.16. The smallest absolute Gasteiger partial charge is 0.325 e. The van der Waals surface area contributed by atoms with Crippen molar-refractivity contribution < 1.29 is 18.4 Å². The number of anilines is 1. The zero-order chi connectivity index (χ0) is 17.8. The van der Waals surface area contributed by atoms with Gasteiger partial charge in [-0.1, -0.05) is 17.3 Å². The molecule has 0 saturated carbocycles. The average molecular weight is 342 g/mol. The fourth-order valence-corrected chi connectivity index (χ4v) is 2.17. The molecule has 0 amide bonds. The van der Waals surface area contributed by atoms with Crippen molar-refractivity contribution >= 4 is 11.8 Å². The lowest BCUT2D eigenvalue weighted by molar-refractivity contribution is -0.138. The molecule has 0 atom stereocenters. The van der Waals surface area contributed by atoms with Crippen molar-refractivity contribution in [3.05, 3.63) is 48.4 Å². The van der Waals surface area contributed by atoms with Gasteiger partial charge in [-0.25, -0.2) is 9.37 Å². The van der Waals surface area contributed by atoms with E-state index in [4.69, 9.17) is 4.52 Å². The molecule has 0 fully saturated rings. The average Bonchev–Trinajstić information content (AvgIpc) is 3.12. The van der Waals surface area contributed by atoms with Crippen LogP contribution >= 0.6 is 0 Å². The first kappa shape index (κ1) is 16.6. The largest absolute Gasteiger partial charge is 0.468 e. The Hall–Kier alpha value is -3.29. The molecule has 2 aromatic heterocycles. The summed E-state index contributed by atoms with van der Waals surface area (Å²) in [5, 5.41) is 3.81. The first-order valence-corrected chi connectivity index (χ1v) is 7.41. The van der Waals surface area contributed by atoms with Crippen LogP contribution in [-0.4, -0.2) is 41.8 Å². The van der Waals surface area contributed by atoms with Crippen LogP contribution in [0, 0.1) is 5.82 Å². The van der Waals surface area contributed by atoms with E-state index in [1.54, 1.807) is 48.5 Å². The van der Waals surface area contributed by atoms with Gasteiger partial charge in [-0.15, -0.1) is 0 Å². The summed E-state index contributed by atoms with van der Waals surface area (Å²) in [4.78, 5) is 21.4. The molecule has 0 unspecified atom stereocenters. The number of benzene rings is 1. The van der Waals surface area contributed by atoms with E-state index in [2.05, 4.69) is 19.9 Å². The molecule has 0 aliphatic heterocycles. The predicted molar refractivity (Wildman–Crippen MR) is 88.2 cm³/mol. The minimum absolute atomic E-state index is 0.0842. The van der Waals surface area contributed by atoms with Crippen molar-refractivity contribution in [1.82, 2.24) is 15.1 Å². The molecule has 8 heteroatoms. The second-order valence-electron chi connectivity index (χ2n) is 5.24. The maximum absolute atomic E-state index is 13.8. The Labute approximate surface area is 143 Å². The van der Waals surface area contributed by atoms with Crippen LogP contribution in [0.4, 0.5) is 10.2 Å². The predicted octanol–water partition coefficient (Wildman–Crippen LogP) is 2.55. The van der Waals surface area contributed by atoms with Crippen LogP contribution < -0.4 is 4.90 Å². The molecule has 0 aliphatic carbocycles. The zero-order valence-electron chi connectivity index (χ0n) is 13.6. The minimum atomic E-state index is -0.423. The molecule has 3 rings (SSSR count). The van der Waals surface area contributed by atoms with Gasteiger partial charge in [0.2, 0.25) is 5.82 Å². The van der Waals surface area contributed by atoms with Crippen LogP contribution in [0.2, 0.25) is 0 Å². The molecule has 0 bridgehead atoms. The number of methoxy groups -OCH3 is 1. The monoisotopic (exact) mass is 342 g/mol.